The van der Waals surface area contributed by atoms with E-state index in [-0.39, 0.29) is 0 Å². The van der Waals surface area contributed by atoms with Gasteiger partial charge in [0.1, 0.15) is 0 Å². The predicted molar refractivity (Wildman–Crippen MR) is 32.1 cm³/mol. The summed E-state index contributed by atoms with van der Waals surface area (Å²) in [7, 11) is 0. The molecule has 1 aromatic heterocycles. The standard InChI is InChI=1S/C4H4N2.N3/c1-2-6-4-3-5-1;1-3-2/h1-4H;/q;-1. The number of nitrogens with zero attached hydrogens (tertiary/aromatic N) is 5. The highest BCUT2D eigenvalue weighted by molar-refractivity contribution is 4.70. The maximum atomic E-state index is 6.75. The van der Waals surface area contributed by atoms with Gasteiger partial charge in [-0.3, -0.25) is 14.9 Å². The van der Waals surface area contributed by atoms with Crippen LogP contribution in [0.4, 0.5) is 0 Å². The lowest BCUT2D eigenvalue weighted by molar-refractivity contribution is 1.20. The lowest BCUT2D eigenvalue weighted by atomic mass is 10.8. The first kappa shape index (κ1) is 7.39. The van der Waals surface area contributed by atoms with E-state index < -0.39 is 0 Å². The van der Waals surface area contributed by atoms with Gasteiger partial charge in [-0.25, -0.2) is 0 Å². The largest absolute Gasteiger partial charge is 0.373 e. The molecule has 9 heavy (non-hydrogen) atoms. The third kappa shape index (κ3) is 6.39. The second-order valence-corrected chi connectivity index (χ2v) is 0.984. The Labute approximate surface area is 51.8 Å². The first-order valence-electron chi connectivity index (χ1n) is 2.10. The van der Waals surface area contributed by atoms with Crippen molar-refractivity contribution in [2.45, 2.75) is 0 Å². The highest BCUT2D eigenvalue weighted by Crippen LogP contribution is 1.65. The minimum Gasteiger partial charge on any atom is -0.373 e. The molecule has 0 spiro atoms. The van der Waals surface area contributed by atoms with Crippen LogP contribution in [0.5, 0.6) is 0 Å². The van der Waals surface area contributed by atoms with Crippen molar-refractivity contribution in [3.05, 3.63) is 40.8 Å². The fraction of sp³-hybridized carbons (Fsp3) is 0. The fourth-order valence-electron chi connectivity index (χ4n) is 0.253. The van der Waals surface area contributed by atoms with Crippen molar-refractivity contribution >= 4 is 0 Å². The van der Waals surface area contributed by atoms with E-state index in [1.165, 1.54) is 4.91 Å². The minimum atomic E-state index is 1.50. The molecule has 0 aromatic carbocycles. The van der Waals surface area contributed by atoms with E-state index in [0.717, 1.165) is 0 Å². The Bertz CT molecular complexity index is 139. The summed E-state index contributed by atoms with van der Waals surface area (Å²) in [6.45, 7) is 0. The van der Waals surface area contributed by atoms with Crippen LogP contribution in [-0.4, -0.2) is 9.97 Å². The summed E-state index contributed by atoms with van der Waals surface area (Å²) in [5.74, 6) is 0. The number of rotatable bonds is 0. The Kier molecular flexibility index (Phi) is 5.25. The quantitative estimate of drug-likeness (QED) is 0.295. The van der Waals surface area contributed by atoms with Gasteiger partial charge >= 0.3 is 0 Å². The van der Waals surface area contributed by atoms with Gasteiger partial charge in [-0.05, 0) is 0 Å². The molecular weight excluding hydrogens is 118 g/mol. The molecule has 0 amide bonds. The summed E-state index contributed by atoms with van der Waals surface area (Å²) in [5, 5.41) is 0. The lowest BCUT2D eigenvalue weighted by Crippen LogP contribution is -1.66. The van der Waals surface area contributed by atoms with Gasteiger partial charge in [0, 0.05) is 24.8 Å². The van der Waals surface area contributed by atoms with Crippen LogP contribution in [-0.2, 0) is 0 Å². The number of hydrogen-bond acceptors (Lipinski definition) is 2. The van der Waals surface area contributed by atoms with Gasteiger partial charge in [-0.2, -0.15) is 0 Å². The number of aromatic nitrogens is 2. The van der Waals surface area contributed by atoms with Gasteiger partial charge < -0.3 is 11.1 Å². The molecule has 46 valence electrons. The summed E-state index contributed by atoms with van der Waals surface area (Å²) in [6.07, 6.45) is 6.56. The first-order valence-corrected chi connectivity index (χ1v) is 2.10. The zero-order valence-electron chi connectivity index (χ0n) is 4.55. The van der Waals surface area contributed by atoms with Crippen molar-refractivity contribution in [2.75, 3.05) is 0 Å². The van der Waals surface area contributed by atoms with Crippen molar-refractivity contribution in [3.8, 4) is 0 Å². The van der Waals surface area contributed by atoms with Gasteiger partial charge in [0.25, 0.3) is 0 Å². The van der Waals surface area contributed by atoms with Crippen LogP contribution in [0.1, 0.15) is 0 Å². The van der Waals surface area contributed by atoms with Crippen molar-refractivity contribution in [1.82, 2.24) is 9.97 Å². The Morgan fingerprint density at radius 3 is 1.22 bits per heavy atom. The van der Waals surface area contributed by atoms with Crippen LogP contribution in [0, 0.1) is 0 Å². The van der Waals surface area contributed by atoms with Crippen LogP contribution in [0.25, 0.3) is 16.0 Å². The Morgan fingerprint density at radius 2 is 1.11 bits per heavy atom. The zero-order valence-corrected chi connectivity index (χ0v) is 4.55. The Morgan fingerprint density at radius 1 is 0.889 bits per heavy atom. The summed E-state index contributed by atoms with van der Waals surface area (Å²) in [6, 6.07) is 0. The minimum absolute atomic E-state index is 1.50. The summed E-state index contributed by atoms with van der Waals surface area (Å²) < 4.78 is 0. The van der Waals surface area contributed by atoms with E-state index in [9.17, 15) is 0 Å². The van der Waals surface area contributed by atoms with Gasteiger partial charge in [-0.15, -0.1) is 0 Å². The lowest BCUT2D eigenvalue weighted by Gasteiger charge is -1.70. The smallest absolute Gasteiger partial charge is 0.0451 e. The molecule has 0 N–H and O–H groups in total. The molecule has 0 atom stereocenters. The molecule has 1 heterocycles. The molecule has 1 rings (SSSR count). The van der Waals surface area contributed by atoms with Crippen molar-refractivity contribution in [1.29, 1.82) is 0 Å². The average Bonchev–Trinajstić information content (AvgIpc) is 1.93. The van der Waals surface area contributed by atoms with Gasteiger partial charge in [0.2, 0.25) is 0 Å². The molecule has 0 saturated heterocycles. The molecule has 5 heteroatoms. The monoisotopic (exact) mass is 122 g/mol. The molecule has 0 unspecified atom stereocenters. The average molecular weight is 122 g/mol. The van der Waals surface area contributed by atoms with E-state index in [4.69, 9.17) is 11.1 Å². The third-order valence-corrected chi connectivity index (χ3v) is 0.478. The normalized spacial score (nSPS) is 6.22. The molecule has 0 saturated carbocycles. The predicted octanol–water partition coefficient (Wildman–Crippen LogP) is 1.34. The van der Waals surface area contributed by atoms with Crippen molar-refractivity contribution in [3.63, 3.8) is 0 Å². The van der Waals surface area contributed by atoms with E-state index in [0.29, 0.717) is 0 Å². The second-order valence-electron chi connectivity index (χ2n) is 0.984. The molecule has 0 aliphatic rings. The van der Waals surface area contributed by atoms with Gasteiger partial charge in [0.15, 0.2) is 0 Å². The molecule has 5 nitrogen and oxygen atoms in total. The molecule has 0 radical (unpaired) electrons. The zero-order chi connectivity index (χ0) is 6.95. The molecule has 0 bridgehead atoms. The van der Waals surface area contributed by atoms with E-state index in [1.807, 2.05) is 0 Å². The molecule has 0 aliphatic carbocycles. The third-order valence-electron chi connectivity index (χ3n) is 0.478. The van der Waals surface area contributed by atoms with Crippen LogP contribution in [0.3, 0.4) is 0 Å². The highest BCUT2D eigenvalue weighted by atomic mass is 15.0. The summed E-state index contributed by atoms with van der Waals surface area (Å²) in [4.78, 5) is 8.94. The van der Waals surface area contributed by atoms with Crippen LogP contribution < -0.4 is 0 Å². The topological polar surface area (TPSA) is 84.5 Å². The Balaban J connectivity index is 0.000000187. The summed E-state index contributed by atoms with van der Waals surface area (Å²) >= 11 is 0. The number of hydrogen-bond donors (Lipinski definition) is 0. The van der Waals surface area contributed by atoms with Gasteiger partial charge in [-0.1, -0.05) is 0 Å². The van der Waals surface area contributed by atoms with E-state index in [2.05, 4.69) is 9.97 Å². The van der Waals surface area contributed by atoms with Crippen LogP contribution >= 0.6 is 0 Å². The maximum absolute atomic E-state index is 6.75. The van der Waals surface area contributed by atoms with E-state index in [1.54, 1.807) is 24.8 Å². The van der Waals surface area contributed by atoms with Crippen molar-refractivity contribution < 1.29 is 0 Å². The summed E-state index contributed by atoms with van der Waals surface area (Å²) in [5.41, 5.74) is 13.5. The van der Waals surface area contributed by atoms with E-state index >= 15 is 0 Å². The Hall–Kier alpha value is -1.61. The molecule has 1 aromatic rings. The molecule has 0 aliphatic heterocycles. The second kappa shape index (κ2) is 6.39. The fourth-order valence-corrected chi connectivity index (χ4v) is 0.253. The first-order chi connectivity index (χ1) is 4.41. The SMILES string of the molecule is [N-]=[N+]=[N-].c1cnccn1. The molecule has 0 fully saturated rings. The maximum Gasteiger partial charge on any atom is 0.0451 e. The molecular formula is C4H4N5-. The van der Waals surface area contributed by atoms with Crippen LogP contribution in [0.2, 0.25) is 0 Å². The van der Waals surface area contributed by atoms with Crippen molar-refractivity contribution in [2.24, 2.45) is 0 Å². The highest BCUT2D eigenvalue weighted by Gasteiger charge is 1.59. The van der Waals surface area contributed by atoms with Crippen LogP contribution in [0.15, 0.2) is 24.8 Å². The van der Waals surface area contributed by atoms with Gasteiger partial charge in [0.05, 0.1) is 0 Å².